The van der Waals surface area contributed by atoms with Crippen LogP contribution in [0.2, 0.25) is 0 Å². The number of hydrogen-bond donors (Lipinski definition) is 1. The van der Waals surface area contributed by atoms with Crippen molar-refractivity contribution in [2.75, 3.05) is 5.32 Å². The fourth-order valence-electron chi connectivity index (χ4n) is 2.46. The molecule has 0 aliphatic rings. The molecule has 3 rings (SSSR count). The van der Waals surface area contributed by atoms with E-state index in [1.54, 1.807) is 54.7 Å². The van der Waals surface area contributed by atoms with Gasteiger partial charge in [-0.1, -0.05) is 18.2 Å². The van der Waals surface area contributed by atoms with Gasteiger partial charge in [-0.25, -0.2) is 9.37 Å². The molecule has 3 aromatic rings. The third kappa shape index (κ3) is 4.59. The molecule has 1 aromatic heterocycles. The Bertz CT molecular complexity index is 1090. The molecule has 0 unspecified atom stereocenters. The molecule has 0 spiro atoms. The summed E-state index contributed by atoms with van der Waals surface area (Å²) in [5.41, 5.74) is 2.02. The highest BCUT2D eigenvalue weighted by atomic mass is 19.1. The molecule has 138 valence electrons. The van der Waals surface area contributed by atoms with E-state index < -0.39 is 5.82 Å². The number of nitrogens with one attached hydrogen (secondary N) is 1. The number of hydrogen-bond acceptors (Lipinski definition) is 4. The zero-order chi connectivity index (χ0) is 19.9. The molecule has 0 aliphatic carbocycles. The number of pyridine rings is 1. The van der Waals surface area contributed by atoms with E-state index in [0.717, 1.165) is 5.56 Å². The molecule has 1 heterocycles. The first-order valence-corrected chi connectivity index (χ1v) is 8.44. The van der Waals surface area contributed by atoms with E-state index in [-0.39, 0.29) is 11.8 Å². The van der Waals surface area contributed by atoms with Gasteiger partial charge in [-0.05, 0) is 55.0 Å². The molecule has 2 aromatic carbocycles. The van der Waals surface area contributed by atoms with Crippen molar-refractivity contribution in [3.8, 4) is 17.7 Å². The van der Waals surface area contributed by atoms with Crippen LogP contribution in [-0.4, -0.2) is 10.9 Å². The summed E-state index contributed by atoms with van der Waals surface area (Å²) in [6.45, 7) is 1.81. The van der Waals surface area contributed by atoms with Crippen LogP contribution in [0.1, 0.15) is 16.7 Å². The van der Waals surface area contributed by atoms with Crippen LogP contribution in [0.3, 0.4) is 0 Å². The van der Waals surface area contributed by atoms with Crippen LogP contribution in [0.5, 0.6) is 11.6 Å². The van der Waals surface area contributed by atoms with Crippen LogP contribution in [0.25, 0.3) is 6.08 Å². The fraction of sp³-hybridized carbons (Fsp3) is 0.0455. The number of aromatic nitrogens is 1. The number of anilines is 1. The van der Waals surface area contributed by atoms with Crippen LogP contribution in [-0.2, 0) is 4.79 Å². The minimum atomic E-state index is -0.393. The van der Waals surface area contributed by atoms with Gasteiger partial charge in [-0.2, -0.15) is 5.26 Å². The molecule has 28 heavy (non-hydrogen) atoms. The third-order valence-corrected chi connectivity index (χ3v) is 3.88. The summed E-state index contributed by atoms with van der Waals surface area (Å²) in [4.78, 5) is 16.2. The Morgan fingerprint density at radius 1 is 1.21 bits per heavy atom. The second-order valence-corrected chi connectivity index (χ2v) is 5.89. The van der Waals surface area contributed by atoms with Gasteiger partial charge in [0.15, 0.2) is 0 Å². The fourth-order valence-corrected chi connectivity index (χ4v) is 2.46. The van der Waals surface area contributed by atoms with E-state index in [1.165, 1.54) is 18.2 Å². The molecule has 0 atom stereocenters. The lowest BCUT2D eigenvalue weighted by atomic mass is 10.1. The smallest absolute Gasteiger partial charge is 0.248 e. The SMILES string of the molecule is Cc1cc(Oc2ncccc2C#N)ccc1NC(=O)/C=C/c1ccccc1F. The van der Waals surface area contributed by atoms with E-state index in [0.29, 0.717) is 22.6 Å². The number of amides is 1. The van der Waals surface area contributed by atoms with Crippen molar-refractivity contribution in [3.63, 3.8) is 0 Å². The minimum Gasteiger partial charge on any atom is -0.438 e. The van der Waals surface area contributed by atoms with Crippen molar-refractivity contribution in [3.05, 3.63) is 89.4 Å². The Kier molecular flexibility index (Phi) is 5.78. The molecular formula is C22H16FN3O2. The summed E-state index contributed by atoms with van der Waals surface area (Å²) < 4.78 is 19.2. The number of nitrogens with zero attached hydrogens (tertiary/aromatic N) is 2. The number of carbonyl (C=O) groups excluding carboxylic acids is 1. The normalized spacial score (nSPS) is 10.5. The van der Waals surface area contributed by atoms with Crippen LogP contribution in [0.4, 0.5) is 10.1 Å². The largest absolute Gasteiger partial charge is 0.438 e. The molecule has 0 saturated heterocycles. The van der Waals surface area contributed by atoms with Gasteiger partial charge in [0.05, 0.1) is 0 Å². The van der Waals surface area contributed by atoms with Gasteiger partial charge in [0.2, 0.25) is 11.8 Å². The summed E-state index contributed by atoms with van der Waals surface area (Å²) in [7, 11) is 0. The maximum Gasteiger partial charge on any atom is 0.248 e. The van der Waals surface area contributed by atoms with E-state index in [1.807, 2.05) is 13.0 Å². The Labute approximate surface area is 161 Å². The van der Waals surface area contributed by atoms with Crippen LogP contribution in [0, 0.1) is 24.1 Å². The molecular weight excluding hydrogens is 357 g/mol. The lowest BCUT2D eigenvalue weighted by Gasteiger charge is -2.10. The van der Waals surface area contributed by atoms with Crippen molar-refractivity contribution in [1.82, 2.24) is 4.98 Å². The summed E-state index contributed by atoms with van der Waals surface area (Å²) in [6.07, 6.45) is 4.23. The molecule has 0 aliphatic heterocycles. The van der Waals surface area contributed by atoms with Gasteiger partial charge in [0, 0.05) is 23.5 Å². The highest BCUT2D eigenvalue weighted by Gasteiger charge is 2.08. The standard InChI is InChI=1S/C22H16FN3O2/c1-15-13-18(28-22-17(14-24)6-4-12-25-22)9-10-20(15)26-21(27)11-8-16-5-2-3-7-19(16)23/h2-13H,1H3,(H,26,27)/b11-8+. The average Bonchev–Trinajstić information content (AvgIpc) is 2.70. The first-order chi connectivity index (χ1) is 13.6. The number of benzene rings is 2. The lowest BCUT2D eigenvalue weighted by molar-refractivity contribution is -0.111. The van der Waals surface area contributed by atoms with E-state index >= 15 is 0 Å². The van der Waals surface area contributed by atoms with Crippen molar-refractivity contribution < 1.29 is 13.9 Å². The Hall–Kier alpha value is -3.98. The van der Waals surface area contributed by atoms with Gasteiger partial charge in [0.25, 0.3) is 0 Å². The molecule has 0 bridgehead atoms. The monoisotopic (exact) mass is 373 g/mol. The summed E-state index contributed by atoms with van der Waals surface area (Å²) in [6, 6.07) is 16.6. The van der Waals surface area contributed by atoms with Crippen LogP contribution in [0.15, 0.2) is 66.9 Å². The molecule has 0 radical (unpaired) electrons. The van der Waals surface area contributed by atoms with Crippen molar-refractivity contribution in [1.29, 1.82) is 5.26 Å². The Balaban J connectivity index is 1.70. The van der Waals surface area contributed by atoms with Crippen molar-refractivity contribution >= 4 is 17.7 Å². The van der Waals surface area contributed by atoms with Crippen molar-refractivity contribution in [2.24, 2.45) is 0 Å². The molecule has 0 saturated carbocycles. The highest BCUT2D eigenvalue weighted by molar-refractivity contribution is 6.02. The second kappa shape index (κ2) is 8.60. The minimum absolute atomic E-state index is 0.217. The topological polar surface area (TPSA) is 75.0 Å². The zero-order valence-corrected chi connectivity index (χ0v) is 15.0. The molecule has 5 nitrogen and oxygen atoms in total. The number of rotatable bonds is 5. The zero-order valence-electron chi connectivity index (χ0n) is 15.0. The third-order valence-electron chi connectivity index (χ3n) is 3.88. The summed E-state index contributed by atoms with van der Waals surface area (Å²) in [5, 5.41) is 11.8. The number of nitriles is 1. The van der Waals surface area contributed by atoms with Gasteiger partial charge < -0.3 is 10.1 Å². The number of halogens is 1. The second-order valence-electron chi connectivity index (χ2n) is 5.89. The molecule has 6 heteroatoms. The molecule has 0 fully saturated rings. The maximum atomic E-state index is 13.6. The maximum absolute atomic E-state index is 13.6. The number of aryl methyl sites for hydroxylation is 1. The van der Waals surface area contributed by atoms with Crippen LogP contribution >= 0.6 is 0 Å². The summed E-state index contributed by atoms with van der Waals surface area (Å²) in [5.74, 6) is -0.0615. The highest BCUT2D eigenvalue weighted by Crippen LogP contribution is 2.26. The molecule has 1 amide bonds. The average molecular weight is 373 g/mol. The van der Waals surface area contributed by atoms with Crippen LogP contribution < -0.4 is 10.1 Å². The Morgan fingerprint density at radius 3 is 2.79 bits per heavy atom. The predicted molar refractivity (Wildman–Crippen MR) is 104 cm³/mol. The van der Waals surface area contributed by atoms with Gasteiger partial charge in [-0.15, -0.1) is 0 Å². The summed E-state index contributed by atoms with van der Waals surface area (Å²) >= 11 is 0. The quantitative estimate of drug-likeness (QED) is 0.649. The van der Waals surface area contributed by atoms with E-state index in [9.17, 15) is 9.18 Å². The first kappa shape index (κ1) is 18.8. The van der Waals surface area contributed by atoms with E-state index in [2.05, 4.69) is 10.3 Å². The number of carbonyl (C=O) groups is 1. The van der Waals surface area contributed by atoms with Gasteiger partial charge in [-0.3, -0.25) is 4.79 Å². The first-order valence-electron chi connectivity index (χ1n) is 8.44. The van der Waals surface area contributed by atoms with Gasteiger partial charge in [0.1, 0.15) is 23.2 Å². The number of ether oxygens (including phenoxy) is 1. The molecule has 1 N–H and O–H groups in total. The lowest BCUT2D eigenvalue weighted by Crippen LogP contribution is -2.09. The Morgan fingerprint density at radius 2 is 2.04 bits per heavy atom. The van der Waals surface area contributed by atoms with E-state index in [4.69, 9.17) is 10.00 Å². The van der Waals surface area contributed by atoms with Crippen molar-refractivity contribution in [2.45, 2.75) is 6.92 Å². The van der Waals surface area contributed by atoms with Gasteiger partial charge >= 0.3 is 0 Å². The predicted octanol–water partition coefficient (Wildman–Crippen LogP) is 4.85.